The summed E-state index contributed by atoms with van der Waals surface area (Å²) >= 11 is 0. The van der Waals surface area contributed by atoms with Crippen molar-refractivity contribution in [2.45, 2.75) is 32.5 Å². The first-order chi connectivity index (χ1) is 13.3. The maximum absolute atomic E-state index is 13.0. The Morgan fingerprint density at radius 2 is 2.11 bits per heavy atom. The van der Waals surface area contributed by atoms with Crippen LogP contribution in [0.5, 0.6) is 0 Å². The molecule has 0 bridgehead atoms. The van der Waals surface area contributed by atoms with Gasteiger partial charge in [0.05, 0.1) is 36.5 Å². The Hall–Kier alpha value is -2.80. The number of fused-ring (bicyclic) bond motifs is 2. The molecule has 0 saturated heterocycles. The summed E-state index contributed by atoms with van der Waals surface area (Å²) in [5.41, 5.74) is 3.31. The second-order valence-corrected chi connectivity index (χ2v) is 7.31. The molecule has 1 amide bonds. The number of benzene rings is 1. The molecular weight excluding hydrogens is 342 g/mol. The number of hydrogen-bond donors (Lipinski definition) is 0. The third-order valence-corrected chi connectivity index (χ3v) is 5.25. The minimum atomic E-state index is -0.00875. The predicted octanol–water partition coefficient (Wildman–Crippen LogP) is 2.41. The van der Waals surface area contributed by atoms with Crippen molar-refractivity contribution < 1.29 is 9.53 Å². The van der Waals surface area contributed by atoms with Crippen molar-refractivity contribution in [2.24, 2.45) is 5.92 Å². The molecule has 1 aromatic carbocycles. The van der Waals surface area contributed by atoms with E-state index < -0.39 is 0 Å². The predicted molar refractivity (Wildman–Crippen MR) is 98.9 cm³/mol. The molecule has 7 nitrogen and oxygen atoms in total. The average molecular weight is 363 g/mol. The summed E-state index contributed by atoms with van der Waals surface area (Å²) in [5, 5.41) is 9.45. The Kier molecular flexibility index (Phi) is 4.09. The highest BCUT2D eigenvalue weighted by atomic mass is 16.5. The molecule has 3 heterocycles. The van der Waals surface area contributed by atoms with Crippen LogP contribution in [0.1, 0.15) is 34.6 Å². The van der Waals surface area contributed by atoms with E-state index in [1.807, 2.05) is 39.9 Å². The van der Waals surface area contributed by atoms with Crippen molar-refractivity contribution in [1.29, 1.82) is 0 Å². The highest BCUT2D eigenvalue weighted by Crippen LogP contribution is 2.29. The largest absolute Gasteiger partial charge is 0.375 e. The summed E-state index contributed by atoms with van der Waals surface area (Å²) in [6, 6.07) is 9.74. The maximum Gasteiger partial charge on any atom is 0.255 e. The van der Waals surface area contributed by atoms with Crippen LogP contribution in [0.25, 0.3) is 10.9 Å². The average Bonchev–Trinajstić information content (AvgIpc) is 3.46. The van der Waals surface area contributed by atoms with Gasteiger partial charge in [0.25, 0.3) is 5.91 Å². The quantitative estimate of drug-likeness (QED) is 0.696. The van der Waals surface area contributed by atoms with Gasteiger partial charge < -0.3 is 9.64 Å². The number of rotatable bonds is 5. The van der Waals surface area contributed by atoms with Gasteiger partial charge in [0.2, 0.25) is 0 Å². The fourth-order valence-electron chi connectivity index (χ4n) is 3.46. The highest BCUT2D eigenvalue weighted by Gasteiger charge is 2.27. The number of ether oxygens (including phenoxy) is 1. The van der Waals surface area contributed by atoms with Crippen LogP contribution >= 0.6 is 0 Å². The first-order valence-corrected chi connectivity index (χ1v) is 9.41. The minimum absolute atomic E-state index is 0.00875. The topological polar surface area (TPSA) is 73.1 Å². The van der Waals surface area contributed by atoms with Gasteiger partial charge in [-0.2, -0.15) is 0 Å². The lowest BCUT2D eigenvalue weighted by Gasteiger charge is -2.27. The summed E-state index contributed by atoms with van der Waals surface area (Å²) in [5.74, 6) is 0.709. The second-order valence-electron chi connectivity index (χ2n) is 7.31. The Balaban J connectivity index is 1.32. The van der Waals surface area contributed by atoms with Crippen LogP contribution < -0.4 is 0 Å². The molecule has 138 valence electrons. The molecule has 1 fully saturated rings. The van der Waals surface area contributed by atoms with E-state index in [9.17, 15) is 4.79 Å². The van der Waals surface area contributed by atoms with Crippen molar-refractivity contribution >= 4 is 16.8 Å². The summed E-state index contributed by atoms with van der Waals surface area (Å²) < 4.78 is 7.65. The van der Waals surface area contributed by atoms with Crippen LogP contribution in [0.4, 0.5) is 0 Å². The zero-order chi connectivity index (χ0) is 18.2. The van der Waals surface area contributed by atoms with Gasteiger partial charge in [-0.05, 0) is 30.9 Å². The monoisotopic (exact) mass is 363 g/mol. The summed E-state index contributed by atoms with van der Waals surface area (Å²) in [4.78, 5) is 19.3. The van der Waals surface area contributed by atoms with E-state index in [-0.39, 0.29) is 5.91 Å². The fourth-order valence-corrected chi connectivity index (χ4v) is 3.46. The fraction of sp³-hybridized carbons (Fsp3) is 0.400. The third-order valence-electron chi connectivity index (χ3n) is 5.25. The first kappa shape index (κ1) is 16.4. The van der Waals surface area contributed by atoms with Crippen LogP contribution in [0.15, 0.2) is 36.5 Å². The molecule has 1 saturated carbocycles. The number of carbonyl (C=O) groups excluding carboxylic acids is 1. The SMILES string of the molecule is O=C(c1cnc2ccccc2c1)N1CCn2nnc(COCC3CC3)c2C1. The molecule has 7 heteroatoms. The molecule has 0 atom stereocenters. The number of para-hydroxylation sites is 1. The molecule has 0 radical (unpaired) electrons. The molecule has 0 unspecified atom stereocenters. The van der Waals surface area contributed by atoms with Crippen molar-refractivity contribution in [3.05, 3.63) is 53.5 Å². The number of hydrogen-bond acceptors (Lipinski definition) is 5. The van der Waals surface area contributed by atoms with Crippen LogP contribution in [0.2, 0.25) is 0 Å². The van der Waals surface area contributed by atoms with Gasteiger partial charge in [-0.15, -0.1) is 5.10 Å². The normalized spacial score (nSPS) is 16.5. The molecule has 2 aliphatic rings. The van der Waals surface area contributed by atoms with Crippen LogP contribution in [-0.4, -0.2) is 43.9 Å². The van der Waals surface area contributed by atoms with E-state index in [4.69, 9.17) is 4.74 Å². The minimum Gasteiger partial charge on any atom is -0.375 e. The van der Waals surface area contributed by atoms with E-state index in [0.29, 0.717) is 31.8 Å². The number of pyridine rings is 1. The number of amides is 1. The van der Waals surface area contributed by atoms with Crippen LogP contribution in [0, 0.1) is 5.92 Å². The van der Waals surface area contributed by atoms with Gasteiger partial charge >= 0.3 is 0 Å². The van der Waals surface area contributed by atoms with E-state index in [2.05, 4.69) is 15.3 Å². The maximum atomic E-state index is 13.0. The molecule has 0 spiro atoms. The van der Waals surface area contributed by atoms with Crippen molar-refractivity contribution in [3.63, 3.8) is 0 Å². The van der Waals surface area contributed by atoms with Crippen LogP contribution in [0.3, 0.4) is 0 Å². The highest BCUT2D eigenvalue weighted by molar-refractivity contribution is 5.97. The summed E-state index contributed by atoms with van der Waals surface area (Å²) in [6.45, 7) is 3.02. The lowest BCUT2D eigenvalue weighted by Crippen LogP contribution is -2.38. The van der Waals surface area contributed by atoms with E-state index in [1.165, 1.54) is 12.8 Å². The molecule has 27 heavy (non-hydrogen) atoms. The Morgan fingerprint density at radius 3 is 3.00 bits per heavy atom. The van der Waals surface area contributed by atoms with E-state index >= 15 is 0 Å². The van der Waals surface area contributed by atoms with Crippen molar-refractivity contribution in [3.8, 4) is 0 Å². The molecule has 0 N–H and O–H groups in total. The van der Waals surface area contributed by atoms with Gasteiger partial charge in [-0.1, -0.05) is 23.4 Å². The molecular formula is C20H21N5O2. The lowest BCUT2D eigenvalue weighted by atomic mass is 10.1. The molecule has 5 rings (SSSR count). The van der Waals surface area contributed by atoms with Gasteiger partial charge in [-0.3, -0.25) is 9.78 Å². The first-order valence-electron chi connectivity index (χ1n) is 9.41. The molecule has 2 aromatic heterocycles. The number of nitrogens with zero attached hydrogens (tertiary/aromatic N) is 5. The van der Waals surface area contributed by atoms with E-state index in [1.54, 1.807) is 6.20 Å². The number of aromatic nitrogens is 4. The van der Waals surface area contributed by atoms with Gasteiger partial charge in [-0.25, -0.2) is 4.68 Å². The Bertz CT molecular complexity index is 995. The van der Waals surface area contributed by atoms with E-state index in [0.717, 1.165) is 34.8 Å². The smallest absolute Gasteiger partial charge is 0.255 e. The molecule has 1 aliphatic carbocycles. The third kappa shape index (κ3) is 3.30. The Labute approximate surface area is 156 Å². The summed E-state index contributed by atoms with van der Waals surface area (Å²) in [7, 11) is 0. The van der Waals surface area contributed by atoms with Crippen molar-refractivity contribution in [2.75, 3.05) is 13.2 Å². The Morgan fingerprint density at radius 1 is 1.22 bits per heavy atom. The van der Waals surface area contributed by atoms with Gasteiger partial charge in [0.15, 0.2) is 0 Å². The van der Waals surface area contributed by atoms with Gasteiger partial charge in [0.1, 0.15) is 5.69 Å². The van der Waals surface area contributed by atoms with Crippen LogP contribution in [-0.2, 0) is 24.4 Å². The zero-order valence-electron chi connectivity index (χ0n) is 15.0. The standard InChI is InChI=1S/C20H21N5O2/c26-20(16-9-15-3-1-2-4-17(15)21-10-16)24-7-8-25-19(11-24)18(22-23-25)13-27-12-14-5-6-14/h1-4,9-10,14H,5-8,11-13H2. The summed E-state index contributed by atoms with van der Waals surface area (Å²) in [6.07, 6.45) is 4.19. The lowest BCUT2D eigenvalue weighted by molar-refractivity contribution is 0.0699. The molecule has 1 aliphatic heterocycles. The number of carbonyl (C=O) groups is 1. The van der Waals surface area contributed by atoms with Crippen molar-refractivity contribution in [1.82, 2.24) is 24.9 Å². The zero-order valence-corrected chi connectivity index (χ0v) is 15.0. The van der Waals surface area contributed by atoms with Gasteiger partial charge in [0, 0.05) is 24.7 Å². The molecule has 3 aromatic rings. The second kappa shape index (κ2) is 6.74.